The number of carbonyl (C=O) groups is 1. The highest BCUT2D eigenvalue weighted by molar-refractivity contribution is 9.10. The summed E-state index contributed by atoms with van der Waals surface area (Å²) in [6.45, 7) is 0. The molecule has 4 nitrogen and oxygen atoms in total. The average molecular weight is 286 g/mol. The second kappa shape index (κ2) is 3.75. The van der Waals surface area contributed by atoms with Crippen LogP contribution in [0.25, 0.3) is 0 Å². The lowest BCUT2D eigenvalue weighted by molar-refractivity contribution is -0.148. The molecule has 0 aromatic heterocycles. The van der Waals surface area contributed by atoms with Crippen LogP contribution >= 0.6 is 15.9 Å². The summed E-state index contributed by atoms with van der Waals surface area (Å²) in [6, 6.07) is 4.71. The van der Waals surface area contributed by atoms with Gasteiger partial charge in [0.2, 0.25) is 0 Å². The van der Waals surface area contributed by atoms with Crippen molar-refractivity contribution in [2.75, 3.05) is 0 Å². The van der Waals surface area contributed by atoms with Crippen LogP contribution in [-0.2, 0) is 10.2 Å². The van der Waals surface area contributed by atoms with Crippen molar-refractivity contribution in [1.82, 2.24) is 0 Å². The number of benzene rings is 1. The van der Waals surface area contributed by atoms with Crippen LogP contribution in [0.2, 0.25) is 0 Å². The van der Waals surface area contributed by atoms with E-state index in [4.69, 9.17) is 5.73 Å². The Morgan fingerprint density at radius 3 is 2.62 bits per heavy atom. The molecule has 0 heterocycles. The summed E-state index contributed by atoms with van der Waals surface area (Å²) >= 11 is 3.27. The fraction of sp³-hybridized carbons (Fsp3) is 0.364. The number of nitrogens with two attached hydrogens (primary N) is 1. The number of aliphatic carboxylic acids is 1. The fourth-order valence-corrected chi connectivity index (χ4v) is 2.60. The zero-order valence-electron chi connectivity index (χ0n) is 8.48. The first-order valence-corrected chi connectivity index (χ1v) is 5.73. The van der Waals surface area contributed by atoms with Crippen LogP contribution in [0.1, 0.15) is 18.4 Å². The van der Waals surface area contributed by atoms with Crippen molar-refractivity contribution in [1.29, 1.82) is 0 Å². The van der Waals surface area contributed by atoms with Crippen LogP contribution in [-0.4, -0.2) is 22.2 Å². The largest absolute Gasteiger partial charge is 0.508 e. The first-order chi connectivity index (χ1) is 7.45. The van der Waals surface area contributed by atoms with E-state index < -0.39 is 11.4 Å². The molecule has 4 N–H and O–H groups in total. The number of carboxylic acids is 1. The molecule has 0 amide bonds. The van der Waals surface area contributed by atoms with E-state index in [-0.39, 0.29) is 11.8 Å². The number of hydrogen-bond donors (Lipinski definition) is 3. The molecule has 86 valence electrons. The smallest absolute Gasteiger partial charge is 0.314 e. The molecule has 16 heavy (non-hydrogen) atoms. The number of halogens is 1. The van der Waals surface area contributed by atoms with Crippen LogP contribution in [0.15, 0.2) is 22.7 Å². The average Bonchev–Trinajstić information content (AvgIpc) is 2.16. The third-order valence-corrected chi connectivity index (χ3v) is 3.60. The minimum Gasteiger partial charge on any atom is -0.508 e. The number of rotatable bonds is 2. The number of hydrogen-bond acceptors (Lipinski definition) is 3. The van der Waals surface area contributed by atoms with Gasteiger partial charge in [-0.2, -0.15) is 0 Å². The molecule has 1 aliphatic carbocycles. The molecule has 1 saturated carbocycles. The predicted molar refractivity (Wildman–Crippen MR) is 62.3 cm³/mol. The highest BCUT2D eigenvalue weighted by atomic mass is 79.9. The summed E-state index contributed by atoms with van der Waals surface area (Å²) in [5, 5.41) is 19.0. The highest BCUT2D eigenvalue weighted by Gasteiger charge is 2.51. The lowest BCUT2D eigenvalue weighted by Gasteiger charge is -2.43. The van der Waals surface area contributed by atoms with Gasteiger partial charge in [0, 0.05) is 16.1 Å². The van der Waals surface area contributed by atoms with Gasteiger partial charge in [-0.1, -0.05) is 15.9 Å². The number of phenolic OH excluding ortho intramolecular Hbond substituents is 1. The molecule has 1 aromatic rings. The maximum absolute atomic E-state index is 11.3. The summed E-state index contributed by atoms with van der Waals surface area (Å²) in [5.41, 5.74) is 5.08. The lowest BCUT2D eigenvalue weighted by Crippen LogP contribution is -2.54. The summed E-state index contributed by atoms with van der Waals surface area (Å²) in [6.07, 6.45) is 0.735. The highest BCUT2D eigenvalue weighted by Crippen LogP contribution is 2.47. The van der Waals surface area contributed by atoms with Crippen molar-refractivity contribution in [3.8, 4) is 5.75 Å². The number of carboxylic acid groups (broad SMARTS) is 1. The molecule has 0 radical (unpaired) electrons. The second-order valence-corrected chi connectivity index (χ2v) is 5.13. The van der Waals surface area contributed by atoms with Crippen molar-refractivity contribution in [3.63, 3.8) is 0 Å². The molecule has 1 aromatic carbocycles. The Bertz CT molecular complexity index is 441. The predicted octanol–water partition coefficient (Wildman–Crippen LogP) is 1.60. The Labute approximate surface area is 101 Å². The standard InChI is InChI=1S/C11H12BrNO3/c12-6-1-2-9(14)8(3-6)11(10(15)16)4-7(13)5-11/h1-3,7,14H,4-5,13H2,(H,15,16). The van der Waals surface area contributed by atoms with Gasteiger partial charge in [0.05, 0.1) is 5.41 Å². The van der Waals surface area contributed by atoms with E-state index in [0.29, 0.717) is 18.4 Å². The molecular formula is C11H12BrNO3. The summed E-state index contributed by atoms with van der Waals surface area (Å²) in [7, 11) is 0. The van der Waals surface area contributed by atoms with E-state index in [0.717, 1.165) is 4.47 Å². The molecule has 0 spiro atoms. The van der Waals surface area contributed by atoms with E-state index in [1.165, 1.54) is 6.07 Å². The van der Waals surface area contributed by atoms with Gasteiger partial charge in [0.1, 0.15) is 5.75 Å². The first kappa shape index (κ1) is 11.4. The normalized spacial score (nSPS) is 28.5. The molecule has 1 fully saturated rings. The van der Waals surface area contributed by atoms with Gasteiger partial charge < -0.3 is 15.9 Å². The van der Waals surface area contributed by atoms with Gasteiger partial charge in [-0.3, -0.25) is 4.79 Å². The minimum absolute atomic E-state index is 0.0116. The SMILES string of the molecule is NC1CC(C(=O)O)(c2cc(Br)ccc2O)C1. The van der Waals surface area contributed by atoms with Crippen molar-refractivity contribution < 1.29 is 15.0 Å². The molecular weight excluding hydrogens is 274 g/mol. The molecule has 0 unspecified atom stereocenters. The quantitative estimate of drug-likeness (QED) is 0.771. The van der Waals surface area contributed by atoms with Gasteiger partial charge in [-0.25, -0.2) is 0 Å². The molecule has 1 aliphatic rings. The third kappa shape index (κ3) is 1.60. The zero-order chi connectivity index (χ0) is 11.9. The van der Waals surface area contributed by atoms with Crippen molar-refractivity contribution in [2.45, 2.75) is 24.3 Å². The van der Waals surface area contributed by atoms with Crippen LogP contribution in [0.3, 0.4) is 0 Å². The Balaban J connectivity index is 2.48. The van der Waals surface area contributed by atoms with Crippen molar-refractivity contribution in [3.05, 3.63) is 28.2 Å². The summed E-state index contributed by atoms with van der Waals surface area (Å²) < 4.78 is 0.751. The molecule has 0 atom stereocenters. The molecule has 0 bridgehead atoms. The number of phenols is 1. The Hall–Kier alpha value is -1.07. The van der Waals surface area contributed by atoms with E-state index in [1.807, 2.05) is 0 Å². The molecule has 5 heteroatoms. The zero-order valence-corrected chi connectivity index (χ0v) is 10.1. The Morgan fingerprint density at radius 2 is 2.12 bits per heavy atom. The summed E-state index contributed by atoms with van der Waals surface area (Å²) in [4.78, 5) is 11.3. The van der Waals surface area contributed by atoms with Gasteiger partial charge in [-0.05, 0) is 31.0 Å². The van der Waals surface area contributed by atoms with E-state index >= 15 is 0 Å². The lowest BCUT2D eigenvalue weighted by atomic mass is 9.61. The van der Waals surface area contributed by atoms with Gasteiger partial charge in [0.25, 0.3) is 0 Å². The summed E-state index contributed by atoms with van der Waals surface area (Å²) in [5.74, 6) is -0.917. The van der Waals surface area contributed by atoms with E-state index in [2.05, 4.69) is 15.9 Å². The van der Waals surface area contributed by atoms with Crippen LogP contribution < -0.4 is 5.73 Å². The third-order valence-electron chi connectivity index (χ3n) is 3.10. The molecule has 0 saturated heterocycles. The van der Waals surface area contributed by atoms with E-state index in [9.17, 15) is 15.0 Å². The van der Waals surface area contributed by atoms with Gasteiger partial charge >= 0.3 is 5.97 Å². The van der Waals surface area contributed by atoms with Gasteiger partial charge in [0.15, 0.2) is 0 Å². The maximum Gasteiger partial charge on any atom is 0.314 e. The van der Waals surface area contributed by atoms with Crippen LogP contribution in [0.5, 0.6) is 5.75 Å². The topological polar surface area (TPSA) is 83.6 Å². The van der Waals surface area contributed by atoms with E-state index in [1.54, 1.807) is 12.1 Å². The first-order valence-electron chi connectivity index (χ1n) is 4.94. The monoisotopic (exact) mass is 285 g/mol. The molecule has 0 aliphatic heterocycles. The van der Waals surface area contributed by atoms with Crippen LogP contribution in [0.4, 0.5) is 0 Å². The van der Waals surface area contributed by atoms with Crippen molar-refractivity contribution >= 4 is 21.9 Å². The maximum atomic E-state index is 11.3. The Kier molecular flexibility index (Phi) is 2.67. The fourth-order valence-electron chi connectivity index (χ4n) is 2.24. The minimum atomic E-state index is -1.02. The van der Waals surface area contributed by atoms with Crippen molar-refractivity contribution in [2.24, 2.45) is 5.73 Å². The van der Waals surface area contributed by atoms with Gasteiger partial charge in [-0.15, -0.1) is 0 Å². The number of aromatic hydroxyl groups is 1. The second-order valence-electron chi connectivity index (χ2n) is 4.22. The Morgan fingerprint density at radius 1 is 1.50 bits per heavy atom. The van der Waals surface area contributed by atoms with Crippen LogP contribution in [0, 0.1) is 0 Å². The molecule has 2 rings (SSSR count).